The van der Waals surface area contributed by atoms with Gasteiger partial charge in [-0.1, -0.05) is 12.1 Å². The number of ether oxygens (including phenoxy) is 1. The Hall–Kier alpha value is -2.42. The second-order valence-corrected chi connectivity index (χ2v) is 4.88. The molecule has 0 fully saturated rings. The Kier molecular flexibility index (Phi) is 3.33. The summed E-state index contributed by atoms with van der Waals surface area (Å²) in [7, 11) is 3.77. The maximum Gasteiger partial charge on any atom is 0.118 e. The van der Waals surface area contributed by atoms with Gasteiger partial charge in [-0.25, -0.2) is 0 Å². The molecule has 3 nitrogen and oxygen atoms in total. The molecule has 0 saturated heterocycles. The molecule has 102 valence electrons. The molecule has 0 aliphatic carbocycles. The quantitative estimate of drug-likeness (QED) is 0.769. The van der Waals surface area contributed by atoms with Crippen LogP contribution < -0.4 is 4.74 Å². The van der Waals surface area contributed by atoms with E-state index in [2.05, 4.69) is 53.1 Å². The summed E-state index contributed by atoms with van der Waals surface area (Å²) in [6.45, 7) is 0. The highest BCUT2D eigenvalue weighted by molar-refractivity contribution is 5.40. The molecule has 0 aliphatic rings. The van der Waals surface area contributed by atoms with E-state index < -0.39 is 0 Å². The molecular formula is C17H18N2O. The van der Waals surface area contributed by atoms with E-state index in [1.54, 1.807) is 7.11 Å². The summed E-state index contributed by atoms with van der Waals surface area (Å²) in [6.07, 6.45) is 4.05. The van der Waals surface area contributed by atoms with Gasteiger partial charge in [0.1, 0.15) is 5.75 Å². The van der Waals surface area contributed by atoms with Crippen molar-refractivity contribution in [3.05, 3.63) is 77.9 Å². The van der Waals surface area contributed by atoms with Gasteiger partial charge in [0.15, 0.2) is 0 Å². The van der Waals surface area contributed by atoms with Gasteiger partial charge >= 0.3 is 0 Å². The van der Waals surface area contributed by atoms with E-state index in [1.807, 2.05) is 24.4 Å². The normalized spacial score (nSPS) is 12.3. The lowest BCUT2D eigenvalue weighted by atomic mass is 9.92. The van der Waals surface area contributed by atoms with Gasteiger partial charge in [0.2, 0.25) is 0 Å². The molecule has 3 rings (SSSR count). The van der Waals surface area contributed by atoms with Crippen molar-refractivity contribution in [2.45, 2.75) is 5.92 Å². The first-order valence-electron chi connectivity index (χ1n) is 6.68. The molecule has 1 unspecified atom stereocenters. The molecule has 20 heavy (non-hydrogen) atoms. The Bertz CT molecular complexity index is 665. The predicted octanol–water partition coefficient (Wildman–Crippen LogP) is 3.54. The third-order valence-corrected chi connectivity index (χ3v) is 3.66. The van der Waals surface area contributed by atoms with Gasteiger partial charge in [-0.3, -0.25) is 0 Å². The van der Waals surface area contributed by atoms with E-state index in [-0.39, 0.29) is 5.92 Å². The molecule has 0 saturated carbocycles. The van der Waals surface area contributed by atoms with Gasteiger partial charge in [-0.2, -0.15) is 0 Å². The van der Waals surface area contributed by atoms with Crippen molar-refractivity contribution >= 4 is 0 Å². The zero-order valence-corrected chi connectivity index (χ0v) is 11.7. The molecule has 3 heteroatoms. The Morgan fingerprint density at radius 1 is 1.05 bits per heavy atom. The van der Waals surface area contributed by atoms with Crippen LogP contribution in [0.3, 0.4) is 0 Å². The van der Waals surface area contributed by atoms with Crippen LogP contribution in [0.5, 0.6) is 5.75 Å². The lowest BCUT2D eigenvalue weighted by molar-refractivity contribution is 0.414. The van der Waals surface area contributed by atoms with Gasteiger partial charge < -0.3 is 14.3 Å². The molecule has 0 radical (unpaired) electrons. The fourth-order valence-corrected chi connectivity index (χ4v) is 2.60. The van der Waals surface area contributed by atoms with Crippen LogP contribution in [0.4, 0.5) is 0 Å². The summed E-state index contributed by atoms with van der Waals surface area (Å²) in [6, 6.07) is 16.7. The first-order chi connectivity index (χ1) is 9.79. The summed E-state index contributed by atoms with van der Waals surface area (Å²) in [5, 5.41) is 0. The minimum absolute atomic E-state index is 0.205. The molecule has 1 N–H and O–H groups in total. The Morgan fingerprint density at radius 2 is 1.85 bits per heavy atom. The fourth-order valence-electron chi connectivity index (χ4n) is 2.60. The van der Waals surface area contributed by atoms with Crippen molar-refractivity contribution in [1.82, 2.24) is 9.55 Å². The molecule has 2 aromatic heterocycles. The number of nitrogens with one attached hydrogen (secondary N) is 1. The average Bonchev–Trinajstić information content (AvgIpc) is 3.13. The number of aromatic nitrogens is 2. The van der Waals surface area contributed by atoms with Gasteiger partial charge in [-0.05, 0) is 42.0 Å². The average molecular weight is 266 g/mol. The largest absolute Gasteiger partial charge is 0.497 e. The number of nitrogens with zero attached hydrogens (tertiary/aromatic N) is 1. The minimum Gasteiger partial charge on any atom is -0.497 e. The van der Waals surface area contributed by atoms with Crippen LogP contribution in [-0.2, 0) is 7.05 Å². The maximum absolute atomic E-state index is 5.24. The molecular weight excluding hydrogens is 248 g/mol. The molecule has 0 aliphatic heterocycles. The highest BCUT2D eigenvalue weighted by Crippen LogP contribution is 2.31. The van der Waals surface area contributed by atoms with Crippen LogP contribution in [0.25, 0.3) is 0 Å². The number of rotatable bonds is 4. The van der Waals surface area contributed by atoms with Crippen molar-refractivity contribution in [2.75, 3.05) is 7.11 Å². The van der Waals surface area contributed by atoms with E-state index in [9.17, 15) is 0 Å². The molecule has 1 atom stereocenters. The molecule has 3 aromatic rings. The van der Waals surface area contributed by atoms with Crippen LogP contribution in [0.15, 0.2) is 60.9 Å². The molecule has 0 amide bonds. The SMILES string of the molecule is COc1ccc(C(c2ccc[nH]2)c2cccn2C)cc1. The lowest BCUT2D eigenvalue weighted by Crippen LogP contribution is -2.08. The number of benzene rings is 1. The van der Waals surface area contributed by atoms with Crippen LogP contribution in [0.2, 0.25) is 0 Å². The topological polar surface area (TPSA) is 29.9 Å². The first-order valence-corrected chi connectivity index (χ1v) is 6.68. The monoisotopic (exact) mass is 266 g/mol. The second-order valence-electron chi connectivity index (χ2n) is 4.88. The number of hydrogen-bond donors (Lipinski definition) is 1. The summed E-state index contributed by atoms with van der Waals surface area (Å²) in [5.41, 5.74) is 3.70. The van der Waals surface area contributed by atoms with E-state index in [1.165, 1.54) is 17.0 Å². The van der Waals surface area contributed by atoms with Gasteiger partial charge in [0.25, 0.3) is 0 Å². The van der Waals surface area contributed by atoms with Crippen molar-refractivity contribution in [3.8, 4) is 5.75 Å². The third-order valence-electron chi connectivity index (χ3n) is 3.66. The Labute approximate surface area is 118 Å². The summed E-state index contributed by atoms with van der Waals surface area (Å²) in [4.78, 5) is 3.34. The standard InChI is InChI=1S/C17H18N2O/c1-19-12-4-6-16(19)17(15-5-3-11-18-15)13-7-9-14(20-2)10-8-13/h3-12,17-18H,1-2H3. The van der Waals surface area contributed by atoms with Crippen LogP contribution in [-0.4, -0.2) is 16.7 Å². The van der Waals surface area contributed by atoms with Crippen molar-refractivity contribution < 1.29 is 4.74 Å². The van der Waals surface area contributed by atoms with Crippen molar-refractivity contribution in [1.29, 1.82) is 0 Å². The van der Waals surface area contributed by atoms with Gasteiger partial charge in [0, 0.05) is 30.8 Å². The summed E-state index contributed by atoms with van der Waals surface area (Å²) < 4.78 is 7.40. The number of aryl methyl sites for hydroxylation is 1. The van der Waals surface area contributed by atoms with Crippen LogP contribution >= 0.6 is 0 Å². The van der Waals surface area contributed by atoms with E-state index >= 15 is 0 Å². The van der Waals surface area contributed by atoms with Crippen molar-refractivity contribution in [3.63, 3.8) is 0 Å². The molecule has 0 spiro atoms. The predicted molar refractivity (Wildman–Crippen MR) is 80.1 cm³/mol. The smallest absolute Gasteiger partial charge is 0.118 e. The van der Waals surface area contributed by atoms with Gasteiger partial charge in [-0.15, -0.1) is 0 Å². The molecule has 0 bridgehead atoms. The summed E-state index contributed by atoms with van der Waals surface area (Å²) in [5.74, 6) is 1.08. The highest BCUT2D eigenvalue weighted by atomic mass is 16.5. The molecule has 2 heterocycles. The third kappa shape index (κ3) is 2.23. The number of hydrogen-bond acceptors (Lipinski definition) is 1. The number of H-pyrrole nitrogens is 1. The van der Waals surface area contributed by atoms with Crippen molar-refractivity contribution in [2.24, 2.45) is 7.05 Å². The second kappa shape index (κ2) is 5.29. The van der Waals surface area contributed by atoms with E-state index in [4.69, 9.17) is 4.74 Å². The zero-order chi connectivity index (χ0) is 13.9. The minimum atomic E-state index is 0.205. The molecule has 1 aromatic carbocycles. The fraction of sp³-hybridized carbons (Fsp3) is 0.176. The highest BCUT2D eigenvalue weighted by Gasteiger charge is 2.19. The lowest BCUT2D eigenvalue weighted by Gasteiger charge is -2.18. The number of aromatic amines is 1. The first kappa shape index (κ1) is 12.6. The van der Waals surface area contributed by atoms with E-state index in [0.717, 1.165) is 5.75 Å². The Morgan fingerprint density at radius 3 is 2.40 bits per heavy atom. The van der Waals surface area contributed by atoms with Gasteiger partial charge in [0.05, 0.1) is 13.0 Å². The Balaban J connectivity index is 2.08. The van der Waals surface area contributed by atoms with E-state index in [0.29, 0.717) is 0 Å². The maximum atomic E-state index is 5.24. The number of methoxy groups -OCH3 is 1. The summed E-state index contributed by atoms with van der Waals surface area (Å²) >= 11 is 0. The van der Waals surface area contributed by atoms with Crippen LogP contribution in [0.1, 0.15) is 22.9 Å². The van der Waals surface area contributed by atoms with Crippen LogP contribution in [0, 0.1) is 0 Å². The zero-order valence-electron chi connectivity index (χ0n) is 11.7.